The Morgan fingerprint density at radius 2 is 1.94 bits per heavy atom. The Bertz CT molecular complexity index is 493. The zero-order valence-electron chi connectivity index (χ0n) is 9.26. The lowest BCUT2D eigenvalue weighted by molar-refractivity contribution is 0.813. The summed E-state index contributed by atoms with van der Waals surface area (Å²) in [6, 6.07) is 9.56. The zero-order chi connectivity index (χ0) is 12.8. The Balaban J connectivity index is 2.95. The molecule has 17 heavy (non-hydrogen) atoms. The van der Waals surface area contributed by atoms with Gasteiger partial charge in [0.15, 0.2) is 0 Å². The molecule has 2 N–H and O–H groups in total. The SMILES string of the molecule is CC(N=C(C#N)C(N)C#N)c1ccc(Cl)cc1. The fourth-order valence-electron chi connectivity index (χ4n) is 1.26. The molecular formula is C12H11ClN4. The Morgan fingerprint density at radius 3 is 2.41 bits per heavy atom. The molecule has 0 heterocycles. The van der Waals surface area contributed by atoms with Crippen LogP contribution in [0.25, 0.3) is 0 Å². The van der Waals surface area contributed by atoms with Gasteiger partial charge < -0.3 is 5.73 Å². The van der Waals surface area contributed by atoms with Gasteiger partial charge in [0.25, 0.3) is 0 Å². The van der Waals surface area contributed by atoms with Crippen molar-refractivity contribution >= 4 is 17.3 Å². The van der Waals surface area contributed by atoms with Crippen molar-refractivity contribution in [3.63, 3.8) is 0 Å². The summed E-state index contributed by atoms with van der Waals surface area (Å²) in [6.07, 6.45) is 0. The van der Waals surface area contributed by atoms with Gasteiger partial charge in [-0.15, -0.1) is 0 Å². The van der Waals surface area contributed by atoms with Crippen LogP contribution >= 0.6 is 11.6 Å². The van der Waals surface area contributed by atoms with Crippen LogP contribution < -0.4 is 5.73 Å². The minimum absolute atomic E-state index is 0.0370. The maximum absolute atomic E-state index is 8.83. The van der Waals surface area contributed by atoms with Crippen molar-refractivity contribution in [2.24, 2.45) is 10.7 Å². The number of halogens is 1. The van der Waals surface area contributed by atoms with Crippen LogP contribution in [0.5, 0.6) is 0 Å². The molecule has 0 bridgehead atoms. The zero-order valence-corrected chi connectivity index (χ0v) is 10.0. The molecule has 1 aromatic carbocycles. The monoisotopic (exact) mass is 246 g/mol. The van der Waals surface area contributed by atoms with Crippen molar-refractivity contribution in [2.45, 2.75) is 19.0 Å². The molecule has 4 nitrogen and oxygen atoms in total. The topological polar surface area (TPSA) is 86.0 Å². The molecule has 1 aromatic rings. The van der Waals surface area contributed by atoms with Gasteiger partial charge in [0, 0.05) is 5.02 Å². The van der Waals surface area contributed by atoms with Gasteiger partial charge in [-0.25, -0.2) is 0 Å². The van der Waals surface area contributed by atoms with E-state index in [1.807, 2.05) is 25.1 Å². The lowest BCUT2D eigenvalue weighted by Gasteiger charge is -2.08. The number of hydrogen-bond donors (Lipinski definition) is 1. The average Bonchev–Trinajstić information content (AvgIpc) is 2.35. The second-order valence-corrected chi connectivity index (χ2v) is 3.90. The summed E-state index contributed by atoms with van der Waals surface area (Å²) in [7, 11) is 0. The van der Waals surface area contributed by atoms with Gasteiger partial charge in [-0.3, -0.25) is 4.99 Å². The van der Waals surface area contributed by atoms with Crippen molar-refractivity contribution < 1.29 is 0 Å². The standard InChI is InChI=1S/C12H11ClN4/c1-8(9-2-4-10(13)5-3-9)17-12(7-15)11(16)6-14/h2-5,8,11H,16H2,1H3. The van der Waals surface area contributed by atoms with Crippen molar-refractivity contribution in [1.82, 2.24) is 0 Å². The fraction of sp³-hybridized carbons (Fsp3) is 0.250. The summed E-state index contributed by atoms with van der Waals surface area (Å²) in [4.78, 5) is 4.13. The van der Waals surface area contributed by atoms with Crippen molar-refractivity contribution in [3.05, 3.63) is 34.9 Å². The molecule has 0 aliphatic heterocycles. The molecule has 0 saturated carbocycles. The lowest BCUT2D eigenvalue weighted by Crippen LogP contribution is -2.27. The van der Waals surface area contributed by atoms with E-state index < -0.39 is 6.04 Å². The van der Waals surface area contributed by atoms with Crippen LogP contribution in [0.15, 0.2) is 29.3 Å². The number of nitriles is 2. The summed E-state index contributed by atoms with van der Waals surface area (Å²) in [5.74, 6) is 0. The van der Waals surface area contributed by atoms with Gasteiger partial charge in [-0.05, 0) is 24.6 Å². The van der Waals surface area contributed by atoms with Gasteiger partial charge in [0.1, 0.15) is 17.8 Å². The van der Waals surface area contributed by atoms with E-state index >= 15 is 0 Å². The van der Waals surface area contributed by atoms with E-state index in [1.54, 1.807) is 18.2 Å². The van der Waals surface area contributed by atoms with Crippen molar-refractivity contribution in [2.75, 3.05) is 0 Å². The smallest absolute Gasteiger partial charge is 0.145 e. The van der Waals surface area contributed by atoms with Crippen molar-refractivity contribution in [3.8, 4) is 12.1 Å². The quantitative estimate of drug-likeness (QED) is 0.830. The van der Waals surface area contributed by atoms with Crippen molar-refractivity contribution in [1.29, 1.82) is 10.5 Å². The first-order chi connectivity index (χ1) is 8.08. The van der Waals surface area contributed by atoms with E-state index in [0.717, 1.165) is 5.56 Å². The molecule has 0 fully saturated rings. The molecule has 5 heteroatoms. The van der Waals surface area contributed by atoms with Crippen LogP contribution in [0.2, 0.25) is 5.02 Å². The summed E-state index contributed by atoms with van der Waals surface area (Å²) < 4.78 is 0. The molecule has 2 unspecified atom stereocenters. The second kappa shape index (κ2) is 6.00. The minimum atomic E-state index is -0.977. The third-order valence-corrected chi connectivity index (χ3v) is 2.49. The molecule has 0 aliphatic rings. The largest absolute Gasteiger partial charge is 0.310 e. The first-order valence-electron chi connectivity index (χ1n) is 4.97. The number of hydrogen-bond acceptors (Lipinski definition) is 4. The van der Waals surface area contributed by atoms with Crippen LogP contribution in [0, 0.1) is 22.7 Å². The molecule has 0 spiro atoms. The predicted molar refractivity (Wildman–Crippen MR) is 66.5 cm³/mol. The molecule has 0 radical (unpaired) electrons. The maximum Gasteiger partial charge on any atom is 0.145 e. The Morgan fingerprint density at radius 1 is 1.35 bits per heavy atom. The third kappa shape index (κ3) is 3.57. The summed E-state index contributed by atoms with van der Waals surface area (Å²) in [6.45, 7) is 1.82. The Hall–Kier alpha value is -1.88. The molecule has 0 aromatic heterocycles. The number of aliphatic imine (C=N–C) groups is 1. The van der Waals surface area contributed by atoms with Gasteiger partial charge in [-0.2, -0.15) is 10.5 Å². The molecule has 2 atom stereocenters. The first kappa shape index (κ1) is 13.2. The van der Waals surface area contributed by atoms with E-state index in [9.17, 15) is 0 Å². The van der Waals surface area contributed by atoms with Crippen LogP contribution in [0.1, 0.15) is 18.5 Å². The average molecular weight is 247 g/mol. The third-order valence-electron chi connectivity index (χ3n) is 2.23. The molecule has 86 valence electrons. The highest BCUT2D eigenvalue weighted by atomic mass is 35.5. The predicted octanol–water partition coefficient (Wildman–Crippen LogP) is 2.22. The Kier molecular flexibility index (Phi) is 4.66. The number of nitrogens with zero attached hydrogens (tertiary/aromatic N) is 3. The second-order valence-electron chi connectivity index (χ2n) is 3.46. The lowest BCUT2D eigenvalue weighted by atomic mass is 10.1. The molecule has 0 aliphatic carbocycles. The highest BCUT2D eigenvalue weighted by molar-refractivity contribution is 6.30. The molecule has 1 rings (SSSR count). The molecular weight excluding hydrogens is 236 g/mol. The van der Waals surface area contributed by atoms with E-state index in [4.69, 9.17) is 27.9 Å². The maximum atomic E-state index is 8.83. The minimum Gasteiger partial charge on any atom is -0.310 e. The molecule has 0 saturated heterocycles. The van der Waals surface area contributed by atoms with E-state index in [0.29, 0.717) is 5.02 Å². The first-order valence-corrected chi connectivity index (χ1v) is 5.34. The van der Waals surface area contributed by atoms with Crippen LogP contribution in [0.3, 0.4) is 0 Å². The number of benzene rings is 1. The number of nitrogens with two attached hydrogens (primary N) is 1. The fourth-order valence-corrected chi connectivity index (χ4v) is 1.39. The van der Waals surface area contributed by atoms with Crippen LogP contribution in [-0.4, -0.2) is 11.8 Å². The number of rotatable bonds is 3. The van der Waals surface area contributed by atoms with E-state index in [2.05, 4.69) is 4.99 Å². The van der Waals surface area contributed by atoms with Gasteiger partial charge >= 0.3 is 0 Å². The highest BCUT2D eigenvalue weighted by Gasteiger charge is 2.12. The van der Waals surface area contributed by atoms with Crippen LogP contribution in [0.4, 0.5) is 0 Å². The van der Waals surface area contributed by atoms with Gasteiger partial charge in [-0.1, -0.05) is 23.7 Å². The Labute approximate surface area is 105 Å². The van der Waals surface area contributed by atoms with Gasteiger partial charge in [0.2, 0.25) is 0 Å². The van der Waals surface area contributed by atoms with Gasteiger partial charge in [0.05, 0.1) is 12.1 Å². The van der Waals surface area contributed by atoms with Crippen LogP contribution in [-0.2, 0) is 0 Å². The van der Waals surface area contributed by atoms with E-state index in [-0.39, 0.29) is 11.8 Å². The summed E-state index contributed by atoms with van der Waals surface area (Å²) >= 11 is 5.77. The van der Waals surface area contributed by atoms with E-state index in [1.165, 1.54) is 0 Å². The normalized spacial score (nSPS) is 14.5. The molecule has 0 amide bonds. The summed E-state index contributed by atoms with van der Waals surface area (Å²) in [5, 5.41) is 18.1. The highest BCUT2D eigenvalue weighted by Crippen LogP contribution is 2.19. The summed E-state index contributed by atoms with van der Waals surface area (Å²) in [5.41, 5.74) is 6.39.